The van der Waals surface area contributed by atoms with Gasteiger partial charge < -0.3 is 14.9 Å². The van der Waals surface area contributed by atoms with Gasteiger partial charge in [-0.2, -0.15) is 0 Å². The van der Waals surface area contributed by atoms with Crippen molar-refractivity contribution in [1.82, 2.24) is 15.1 Å². The van der Waals surface area contributed by atoms with Crippen LogP contribution in [0.4, 0.5) is 10.1 Å². The van der Waals surface area contributed by atoms with Gasteiger partial charge in [-0.3, -0.25) is 24.6 Å². The molecule has 3 heterocycles. The summed E-state index contributed by atoms with van der Waals surface area (Å²) in [7, 11) is 2.04. The first-order valence-corrected chi connectivity index (χ1v) is 18.1. The van der Waals surface area contributed by atoms with Crippen molar-refractivity contribution in [3.8, 4) is 5.75 Å². The second kappa shape index (κ2) is 13.6. The number of phenols is 1. The molecular weight excluding hydrogens is 643 g/mol. The van der Waals surface area contributed by atoms with Crippen LogP contribution < -0.4 is 10.2 Å². The Balaban J connectivity index is 0.917. The number of nitrogens with zero attached hydrogens (tertiary/aromatic N) is 3. The summed E-state index contributed by atoms with van der Waals surface area (Å²) < 4.78 is 15.9. The standard InChI is InChI=1S/C42H43FN4O4/c1-45(24-29-10-15-35-36(40(29)43)25-47(42(35)51)37-17-18-38(49)44-41(37)50)30-19-21-46(22-20-30)31-11-7-27(8-12-31)39-33(26-5-3-2-4-6-26)14-9-28-23-32(48)13-16-34(28)39/h2-8,10-13,15-16,23,30,33,37,39,48H,9,14,17-22,24-25H2,1H3,(H,44,49,50)/t33-,37?,39+/m1/s1. The molecule has 0 aromatic heterocycles. The largest absolute Gasteiger partial charge is 0.508 e. The predicted octanol–water partition coefficient (Wildman–Crippen LogP) is 6.26. The van der Waals surface area contributed by atoms with Crippen molar-refractivity contribution in [2.75, 3.05) is 25.0 Å². The van der Waals surface area contributed by atoms with Gasteiger partial charge in [0.15, 0.2) is 0 Å². The van der Waals surface area contributed by atoms with Crippen LogP contribution in [0.2, 0.25) is 0 Å². The molecule has 262 valence electrons. The van der Waals surface area contributed by atoms with Gasteiger partial charge in [0, 0.05) is 60.4 Å². The minimum Gasteiger partial charge on any atom is -0.508 e. The maximum atomic E-state index is 15.9. The highest BCUT2D eigenvalue weighted by molar-refractivity contribution is 6.05. The summed E-state index contributed by atoms with van der Waals surface area (Å²) in [5.74, 6) is -0.692. The Kier molecular flexibility index (Phi) is 8.84. The average Bonchev–Trinajstić information content (AvgIpc) is 3.48. The van der Waals surface area contributed by atoms with Crippen molar-refractivity contribution in [2.45, 2.75) is 75.5 Å². The lowest BCUT2D eigenvalue weighted by Crippen LogP contribution is -2.52. The maximum Gasteiger partial charge on any atom is 0.255 e. The van der Waals surface area contributed by atoms with Crippen LogP contribution in [-0.4, -0.2) is 64.8 Å². The van der Waals surface area contributed by atoms with E-state index in [4.69, 9.17) is 0 Å². The Bertz CT molecular complexity index is 1980. The van der Waals surface area contributed by atoms with Crippen molar-refractivity contribution >= 4 is 23.4 Å². The van der Waals surface area contributed by atoms with Gasteiger partial charge in [-0.25, -0.2) is 4.39 Å². The number of carbonyl (C=O) groups excluding carboxylic acids is 3. The predicted molar refractivity (Wildman–Crippen MR) is 193 cm³/mol. The van der Waals surface area contributed by atoms with Crippen molar-refractivity contribution in [2.24, 2.45) is 0 Å². The van der Waals surface area contributed by atoms with E-state index in [1.54, 1.807) is 12.1 Å². The number of rotatable bonds is 7. The van der Waals surface area contributed by atoms with Crippen LogP contribution in [-0.2, 0) is 29.1 Å². The number of aromatic hydroxyl groups is 1. The number of piperidine rings is 2. The summed E-state index contributed by atoms with van der Waals surface area (Å²) in [6, 6.07) is 28.6. The molecule has 8 rings (SSSR count). The second-order valence-electron chi connectivity index (χ2n) is 14.6. The molecule has 4 aromatic rings. The molecule has 9 heteroatoms. The number of nitrogens with one attached hydrogen (secondary N) is 1. The SMILES string of the molecule is CN(Cc1ccc2c(c1F)CN(C1CCC(=O)NC1=O)C2=O)C1CCN(c2ccc([C@@H]3c4ccc(O)cc4CC[C@@H]3c3ccccc3)cc2)CC1. The molecule has 0 spiro atoms. The van der Waals surface area contributed by atoms with Crippen molar-refractivity contribution < 1.29 is 23.9 Å². The molecule has 2 saturated heterocycles. The zero-order chi connectivity index (χ0) is 35.2. The first-order valence-electron chi connectivity index (χ1n) is 18.1. The number of fused-ring (bicyclic) bond motifs is 2. The molecule has 2 fully saturated rings. The summed E-state index contributed by atoms with van der Waals surface area (Å²) in [6.07, 6.45) is 4.28. The Hall–Kier alpha value is -5.02. The fraction of sp³-hybridized carbons (Fsp3) is 0.357. The van der Waals surface area contributed by atoms with E-state index in [0.29, 0.717) is 34.9 Å². The molecule has 1 aliphatic carbocycles. The summed E-state index contributed by atoms with van der Waals surface area (Å²) in [5, 5.41) is 12.5. The molecular formula is C42H43FN4O4. The summed E-state index contributed by atoms with van der Waals surface area (Å²) in [4.78, 5) is 43.2. The molecule has 3 aliphatic heterocycles. The molecule has 4 aliphatic rings. The van der Waals surface area contributed by atoms with E-state index in [-0.39, 0.29) is 49.0 Å². The second-order valence-corrected chi connectivity index (χ2v) is 14.6. The van der Waals surface area contributed by atoms with E-state index < -0.39 is 11.9 Å². The summed E-state index contributed by atoms with van der Waals surface area (Å²) in [5.41, 5.74) is 7.52. The topological polar surface area (TPSA) is 93.2 Å². The zero-order valence-corrected chi connectivity index (χ0v) is 28.9. The minimum atomic E-state index is -0.764. The van der Waals surface area contributed by atoms with Crippen LogP contribution >= 0.6 is 0 Å². The van der Waals surface area contributed by atoms with Gasteiger partial charge in [-0.1, -0.05) is 54.6 Å². The Morgan fingerprint density at radius 2 is 1.63 bits per heavy atom. The van der Waals surface area contributed by atoms with Crippen molar-refractivity contribution in [3.63, 3.8) is 0 Å². The number of carbonyl (C=O) groups is 3. The minimum absolute atomic E-state index is 0.0325. The third-order valence-corrected chi connectivity index (χ3v) is 11.7. The third kappa shape index (κ3) is 6.29. The van der Waals surface area contributed by atoms with Gasteiger partial charge in [0.25, 0.3) is 5.91 Å². The lowest BCUT2D eigenvalue weighted by atomic mass is 9.69. The zero-order valence-electron chi connectivity index (χ0n) is 28.9. The number of hydrogen-bond donors (Lipinski definition) is 2. The van der Waals surface area contributed by atoms with E-state index in [0.717, 1.165) is 38.8 Å². The molecule has 0 saturated carbocycles. The molecule has 1 unspecified atom stereocenters. The number of anilines is 1. The monoisotopic (exact) mass is 686 g/mol. The normalized spacial score (nSPS) is 22.3. The van der Waals surface area contributed by atoms with Crippen molar-refractivity contribution in [3.05, 3.63) is 130 Å². The van der Waals surface area contributed by atoms with Gasteiger partial charge in [0.2, 0.25) is 11.8 Å². The quantitative estimate of drug-likeness (QED) is 0.223. The van der Waals surface area contributed by atoms with Crippen LogP contribution in [0.1, 0.15) is 87.7 Å². The van der Waals surface area contributed by atoms with Crippen LogP contribution in [0.3, 0.4) is 0 Å². The number of imide groups is 1. The van der Waals surface area contributed by atoms with Gasteiger partial charge in [0.05, 0.1) is 6.54 Å². The third-order valence-electron chi connectivity index (χ3n) is 11.7. The number of aryl methyl sites for hydroxylation is 1. The molecule has 0 bridgehead atoms. The highest BCUT2D eigenvalue weighted by Crippen LogP contribution is 2.47. The highest BCUT2D eigenvalue weighted by atomic mass is 19.1. The molecule has 0 radical (unpaired) electrons. The molecule has 3 amide bonds. The smallest absolute Gasteiger partial charge is 0.255 e. The summed E-state index contributed by atoms with van der Waals surface area (Å²) in [6.45, 7) is 2.25. The number of halogens is 1. The molecule has 3 atom stereocenters. The first kappa shape index (κ1) is 33.1. The maximum absolute atomic E-state index is 15.9. The van der Waals surface area contributed by atoms with Gasteiger partial charge in [-0.05, 0) is 97.7 Å². The lowest BCUT2D eigenvalue weighted by molar-refractivity contribution is -0.136. The van der Waals surface area contributed by atoms with Crippen LogP contribution in [0.15, 0.2) is 84.9 Å². The average molecular weight is 687 g/mol. The summed E-state index contributed by atoms with van der Waals surface area (Å²) >= 11 is 0. The molecule has 2 N–H and O–H groups in total. The number of hydrogen-bond acceptors (Lipinski definition) is 6. The Morgan fingerprint density at radius 3 is 2.37 bits per heavy atom. The van der Waals surface area contributed by atoms with Crippen molar-refractivity contribution in [1.29, 1.82) is 0 Å². The van der Waals surface area contributed by atoms with Gasteiger partial charge in [-0.15, -0.1) is 0 Å². The first-order chi connectivity index (χ1) is 24.7. The van der Waals surface area contributed by atoms with Gasteiger partial charge in [0.1, 0.15) is 17.6 Å². The fourth-order valence-corrected chi connectivity index (χ4v) is 8.91. The number of benzene rings is 4. The number of amides is 3. The number of phenolic OH excluding ortho intramolecular Hbond substituents is 1. The Labute approximate surface area is 297 Å². The fourth-order valence-electron chi connectivity index (χ4n) is 8.91. The lowest BCUT2D eigenvalue weighted by Gasteiger charge is -2.38. The van der Waals surface area contributed by atoms with E-state index >= 15 is 4.39 Å². The van der Waals surface area contributed by atoms with E-state index in [1.165, 1.54) is 32.8 Å². The van der Waals surface area contributed by atoms with Gasteiger partial charge >= 0.3 is 0 Å². The Morgan fingerprint density at radius 1 is 0.863 bits per heavy atom. The van der Waals surface area contributed by atoms with E-state index in [2.05, 4.69) is 75.8 Å². The van der Waals surface area contributed by atoms with Crippen LogP contribution in [0.5, 0.6) is 5.75 Å². The van der Waals surface area contributed by atoms with E-state index in [1.807, 2.05) is 19.2 Å². The van der Waals surface area contributed by atoms with Crippen LogP contribution in [0, 0.1) is 5.82 Å². The highest BCUT2D eigenvalue weighted by Gasteiger charge is 2.41. The molecule has 51 heavy (non-hydrogen) atoms. The molecule has 4 aromatic carbocycles. The molecule has 8 nitrogen and oxygen atoms in total. The van der Waals surface area contributed by atoms with E-state index in [9.17, 15) is 19.5 Å². The van der Waals surface area contributed by atoms with Crippen LogP contribution in [0.25, 0.3) is 0 Å².